The number of nitrogens with zero attached hydrogens (tertiary/aromatic N) is 2. The van der Waals surface area contributed by atoms with Crippen molar-refractivity contribution >= 4 is 0 Å². The maximum absolute atomic E-state index is 13.4. The fraction of sp³-hybridized carbons (Fsp3) is 0.500. The summed E-state index contributed by atoms with van der Waals surface area (Å²) in [5, 5.41) is 7.39. The highest BCUT2D eigenvalue weighted by atomic mass is 19.2. The molecule has 3 rings (SSSR count). The average Bonchev–Trinajstić information content (AvgIpc) is 3.01. The van der Waals surface area contributed by atoms with Crippen molar-refractivity contribution in [1.82, 2.24) is 15.1 Å². The molecule has 1 atom stereocenters. The number of nitrogens with one attached hydrogen (secondary N) is 1. The lowest BCUT2D eigenvalue weighted by molar-refractivity contribution is 0.197. The molecule has 0 amide bonds. The number of hydrogen-bond donors (Lipinski definition) is 1. The van der Waals surface area contributed by atoms with Crippen LogP contribution in [-0.4, -0.2) is 28.2 Å². The fourth-order valence-electron chi connectivity index (χ4n) is 3.42. The lowest BCUT2D eigenvalue weighted by Gasteiger charge is -2.33. The van der Waals surface area contributed by atoms with E-state index in [2.05, 4.69) is 28.9 Å². The predicted molar refractivity (Wildman–Crippen MR) is 86.3 cm³/mol. The minimum absolute atomic E-state index is 0.425. The minimum atomic E-state index is -0.788. The van der Waals surface area contributed by atoms with E-state index in [0.29, 0.717) is 18.4 Å². The number of piperidine rings is 1. The molecule has 5 heteroatoms. The molecule has 0 radical (unpaired) electrons. The number of H-pyrrole nitrogens is 1. The number of likely N-dealkylation sites (tertiary alicyclic amines) is 1. The maximum Gasteiger partial charge on any atom is 0.159 e. The molecule has 0 bridgehead atoms. The zero-order valence-corrected chi connectivity index (χ0v) is 13.6. The van der Waals surface area contributed by atoms with Crippen molar-refractivity contribution in [3.8, 4) is 0 Å². The highest BCUT2D eigenvalue weighted by molar-refractivity contribution is 5.25. The van der Waals surface area contributed by atoms with Crippen LogP contribution in [0.2, 0.25) is 0 Å². The van der Waals surface area contributed by atoms with Gasteiger partial charge in [0.2, 0.25) is 0 Å². The molecular formula is C18H23F2N3. The van der Waals surface area contributed by atoms with Crippen LogP contribution >= 0.6 is 0 Å². The molecule has 3 nitrogen and oxygen atoms in total. The lowest BCUT2D eigenvalue weighted by Crippen LogP contribution is -2.34. The predicted octanol–water partition coefficient (Wildman–Crippen LogP) is 4.19. The van der Waals surface area contributed by atoms with Gasteiger partial charge in [-0.15, -0.1) is 0 Å². The maximum atomic E-state index is 13.4. The molecule has 2 aromatic rings. The van der Waals surface area contributed by atoms with Gasteiger partial charge in [0.15, 0.2) is 11.6 Å². The SMILES string of the molecule is CC(C)c1cn[nH]c1[C@H]1CCCN(Cc2ccc(F)c(F)c2)C1. The van der Waals surface area contributed by atoms with E-state index in [1.807, 2.05) is 6.20 Å². The normalized spacial score (nSPS) is 19.4. The van der Waals surface area contributed by atoms with E-state index >= 15 is 0 Å². The summed E-state index contributed by atoms with van der Waals surface area (Å²) in [6.07, 6.45) is 4.16. The minimum Gasteiger partial charge on any atom is -0.298 e. The highest BCUT2D eigenvalue weighted by Gasteiger charge is 2.25. The van der Waals surface area contributed by atoms with Crippen molar-refractivity contribution in [3.63, 3.8) is 0 Å². The summed E-state index contributed by atoms with van der Waals surface area (Å²) < 4.78 is 26.4. The van der Waals surface area contributed by atoms with E-state index in [1.54, 1.807) is 6.07 Å². The summed E-state index contributed by atoms with van der Waals surface area (Å²) in [4.78, 5) is 2.31. The summed E-state index contributed by atoms with van der Waals surface area (Å²) in [5.74, 6) is -0.685. The van der Waals surface area contributed by atoms with Crippen molar-refractivity contribution < 1.29 is 8.78 Å². The van der Waals surface area contributed by atoms with E-state index in [-0.39, 0.29) is 0 Å². The Kier molecular flexibility index (Phi) is 4.76. The number of rotatable bonds is 4. The zero-order chi connectivity index (χ0) is 16.4. The first-order valence-corrected chi connectivity index (χ1v) is 8.24. The van der Waals surface area contributed by atoms with E-state index in [4.69, 9.17) is 0 Å². The van der Waals surface area contributed by atoms with E-state index in [9.17, 15) is 8.78 Å². The number of halogens is 2. The van der Waals surface area contributed by atoms with Crippen LogP contribution in [0.15, 0.2) is 24.4 Å². The number of benzene rings is 1. The van der Waals surface area contributed by atoms with E-state index in [0.717, 1.165) is 31.5 Å². The van der Waals surface area contributed by atoms with Crippen molar-refractivity contribution in [2.45, 2.75) is 45.1 Å². The Morgan fingerprint density at radius 2 is 2.13 bits per heavy atom. The third-order valence-corrected chi connectivity index (χ3v) is 4.63. The smallest absolute Gasteiger partial charge is 0.159 e. The first-order chi connectivity index (χ1) is 11.0. The van der Waals surface area contributed by atoms with Gasteiger partial charge in [0.05, 0.1) is 6.20 Å². The van der Waals surface area contributed by atoms with Gasteiger partial charge in [0.1, 0.15) is 0 Å². The quantitative estimate of drug-likeness (QED) is 0.916. The molecule has 0 aliphatic carbocycles. The average molecular weight is 319 g/mol. The van der Waals surface area contributed by atoms with Crippen molar-refractivity contribution in [1.29, 1.82) is 0 Å². The molecule has 1 aliphatic rings. The van der Waals surface area contributed by atoms with Crippen LogP contribution in [0.3, 0.4) is 0 Å². The summed E-state index contributed by atoms with van der Waals surface area (Å²) >= 11 is 0. The second-order valence-electron chi connectivity index (χ2n) is 6.72. The van der Waals surface area contributed by atoms with Gasteiger partial charge in [0.25, 0.3) is 0 Å². The number of aromatic nitrogens is 2. The van der Waals surface area contributed by atoms with Crippen LogP contribution in [0.25, 0.3) is 0 Å². The van der Waals surface area contributed by atoms with Gasteiger partial charge in [-0.2, -0.15) is 5.10 Å². The van der Waals surface area contributed by atoms with Gasteiger partial charge in [-0.3, -0.25) is 10.00 Å². The van der Waals surface area contributed by atoms with Gasteiger partial charge < -0.3 is 0 Å². The number of hydrogen-bond acceptors (Lipinski definition) is 2. The molecule has 1 aliphatic heterocycles. The van der Waals surface area contributed by atoms with Crippen LogP contribution in [0.5, 0.6) is 0 Å². The Morgan fingerprint density at radius 3 is 2.87 bits per heavy atom. The monoisotopic (exact) mass is 319 g/mol. The van der Waals surface area contributed by atoms with Crippen LogP contribution in [0, 0.1) is 11.6 Å². The summed E-state index contributed by atoms with van der Waals surface area (Å²) in [7, 11) is 0. The van der Waals surface area contributed by atoms with Gasteiger partial charge in [-0.25, -0.2) is 8.78 Å². The van der Waals surface area contributed by atoms with Crippen molar-refractivity contribution in [3.05, 3.63) is 52.9 Å². The zero-order valence-electron chi connectivity index (χ0n) is 13.6. The van der Waals surface area contributed by atoms with Crippen LogP contribution in [0.1, 0.15) is 55.3 Å². The molecule has 0 unspecified atom stereocenters. The summed E-state index contributed by atoms with van der Waals surface area (Å²) in [6, 6.07) is 4.17. The Labute approximate surface area is 135 Å². The Balaban J connectivity index is 1.70. The van der Waals surface area contributed by atoms with Crippen molar-refractivity contribution in [2.24, 2.45) is 0 Å². The highest BCUT2D eigenvalue weighted by Crippen LogP contribution is 2.31. The van der Waals surface area contributed by atoms with Gasteiger partial charge in [0, 0.05) is 24.7 Å². The molecule has 1 saturated heterocycles. The molecule has 124 valence electrons. The van der Waals surface area contributed by atoms with E-state index in [1.165, 1.54) is 23.4 Å². The Hall–Kier alpha value is -1.75. The van der Waals surface area contributed by atoms with Crippen LogP contribution in [0.4, 0.5) is 8.78 Å². The van der Waals surface area contributed by atoms with Crippen molar-refractivity contribution in [2.75, 3.05) is 13.1 Å². The number of aromatic amines is 1. The first-order valence-electron chi connectivity index (χ1n) is 8.24. The molecule has 23 heavy (non-hydrogen) atoms. The standard InChI is InChI=1S/C18H23F2N3/c1-12(2)15-9-21-22-18(15)14-4-3-7-23(11-14)10-13-5-6-16(19)17(20)8-13/h5-6,8-9,12,14H,3-4,7,10-11H2,1-2H3,(H,21,22)/t14-/m0/s1. The molecule has 0 saturated carbocycles. The molecule has 1 N–H and O–H groups in total. The Bertz CT molecular complexity index is 666. The van der Waals surface area contributed by atoms with E-state index < -0.39 is 11.6 Å². The Morgan fingerprint density at radius 1 is 1.30 bits per heavy atom. The van der Waals surface area contributed by atoms with Crippen LogP contribution in [-0.2, 0) is 6.54 Å². The second-order valence-corrected chi connectivity index (χ2v) is 6.72. The molecular weight excluding hydrogens is 296 g/mol. The van der Waals surface area contributed by atoms with Crippen LogP contribution < -0.4 is 0 Å². The topological polar surface area (TPSA) is 31.9 Å². The summed E-state index contributed by atoms with van der Waals surface area (Å²) in [5.41, 5.74) is 3.33. The third kappa shape index (κ3) is 3.61. The molecule has 1 aromatic heterocycles. The largest absolute Gasteiger partial charge is 0.298 e. The van der Waals surface area contributed by atoms with Gasteiger partial charge in [-0.1, -0.05) is 19.9 Å². The second kappa shape index (κ2) is 6.79. The first kappa shape index (κ1) is 16.1. The van der Waals surface area contributed by atoms with Gasteiger partial charge >= 0.3 is 0 Å². The molecule has 1 aromatic carbocycles. The molecule has 0 spiro atoms. The molecule has 1 fully saturated rings. The fourth-order valence-corrected chi connectivity index (χ4v) is 3.42. The third-order valence-electron chi connectivity index (χ3n) is 4.63. The van der Waals surface area contributed by atoms with Gasteiger partial charge in [-0.05, 0) is 48.6 Å². The lowest BCUT2D eigenvalue weighted by atomic mass is 9.89. The molecule has 2 heterocycles. The summed E-state index contributed by atoms with van der Waals surface area (Å²) in [6.45, 7) is 6.91.